The van der Waals surface area contributed by atoms with Gasteiger partial charge in [0.25, 0.3) is 5.91 Å². The van der Waals surface area contributed by atoms with Crippen LogP contribution in [0.25, 0.3) is 11.0 Å². The quantitative estimate of drug-likeness (QED) is 0.769. The van der Waals surface area contributed by atoms with Crippen LogP contribution in [0.4, 0.5) is 5.69 Å². The molecular formula is C20H20N4O3. The minimum absolute atomic E-state index is 0.191. The molecule has 2 aromatic carbocycles. The molecule has 0 bridgehead atoms. The van der Waals surface area contributed by atoms with Crippen molar-refractivity contribution in [2.45, 2.75) is 31.7 Å². The van der Waals surface area contributed by atoms with Crippen LogP contribution in [-0.4, -0.2) is 34.1 Å². The van der Waals surface area contributed by atoms with Gasteiger partial charge in [-0.25, -0.2) is 4.68 Å². The Morgan fingerprint density at radius 1 is 1.04 bits per heavy atom. The van der Waals surface area contributed by atoms with Crippen LogP contribution in [0, 0.1) is 0 Å². The molecule has 1 aliphatic heterocycles. The van der Waals surface area contributed by atoms with Crippen molar-refractivity contribution in [3.63, 3.8) is 0 Å². The molecule has 5 rings (SSSR count). The highest BCUT2D eigenvalue weighted by atomic mass is 16.6. The van der Waals surface area contributed by atoms with Gasteiger partial charge < -0.3 is 14.8 Å². The van der Waals surface area contributed by atoms with E-state index in [2.05, 4.69) is 15.6 Å². The zero-order chi connectivity index (χ0) is 18.2. The number of anilines is 1. The molecular weight excluding hydrogens is 344 g/mol. The Morgan fingerprint density at radius 2 is 1.85 bits per heavy atom. The van der Waals surface area contributed by atoms with Gasteiger partial charge in [0.05, 0.1) is 11.6 Å². The van der Waals surface area contributed by atoms with Gasteiger partial charge in [-0.2, -0.15) is 0 Å². The Hall–Kier alpha value is -3.09. The molecule has 2 heterocycles. The molecule has 7 nitrogen and oxygen atoms in total. The molecule has 1 saturated carbocycles. The highest BCUT2D eigenvalue weighted by Crippen LogP contribution is 2.33. The van der Waals surface area contributed by atoms with Crippen LogP contribution in [-0.2, 0) is 0 Å². The maximum absolute atomic E-state index is 12.7. The van der Waals surface area contributed by atoms with Gasteiger partial charge in [-0.1, -0.05) is 18.1 Å². The van der Waals surface area contributed by atoms with E-state index in [0.29, 0.717) is 42.0 Å². The molecule has 1 fully saturated rings. The van der Waals surface area contributed by atoms with Gasteiger partial charge in [0.1, 0.15) is 18.7 Å². The predicted octanol–water partition coefficient (Wildman–Crippen LogP) is 3.57. The summed E-state index contributed by atoms with van der Waals surface area (Å²) in [7, 11) is 0. The molecule has 0 radical (unpaired) electrons. The van der Waals surface area contributed by atoms with Crippen molar-refractivity contribution in [3.8, 4) is 11.5 Å². The number of aromatic nitrogens is 3. The number of carbonyl (C=O) groups is 1. The normalized spacial score (nSPS) is 16.6. The lowest BCUT2D eigenvalue weighted by molar-refractivity contribution is 0.102. The third-order valence-electron chi connectivity index (χ3n) is 5.20. The molecule has 0 unspecified atom stereocenters. The molecule has 1 aliphatic carbocycles. The van der Waals surface area contributed by atoms with Crippen LogP contribution in [0.15, 0.2) is 36.4 Å². The third kappa shape index (κ3) is 2.99. The lowest BCUT2D eigenvalue weighted by Gasteiger charge is -2.19. The van der Waals surface area contributed by atoms with E-state index in [1.165, 1.54) is 12.8 Å². The van der Waals surface area contributed by atoms with Crippen LogP contribution >= 0.6 is 0 Å². The average Bonchev–Trinajstić information content (AvgIpc) is 3.36. The smallest absolute Gasteiger partial charge is 0.255 e. The van der Waals surface area contributed by atoms with Crippen molar-refractivity contribution in [2.75, 3.05) is 18.5 Å². The maximum atomic E-state index is 12.7. The first-order valence-corrected chi connectivity index (χ1v) is 9.34. The van der Waals surface area contributed by atoms with Gasteiger partial charge in [0, 0.05) is 17.3 Å². The standard InChI is InChI=1S/C20H20N4O3/c25-20(21-14-6-8-18-19(12-14)27-10-9-26-18)13-5-7-17-16(11-13)22-23-24(17)15-3-1-2-4-15/h5-8,11-12,15H,1-4,9-10H2,(H,21,25). The van der Waals surface area contributed by atoms with E-state index in [-0.39, 0.29) is 5.91 Å². The van der Waals surface area contributed by atoms with Crippen molar-refractivity contribution in [1.82, 2.24) is 15.0 Å². The molecule has 0 atom stereocenters. The fraction of sp³-hybridized carbons (Fsp3) is 0.350. The Balaban J connectivity index is 1.37. The summed E-state index contributed by atoms with van der Waals surface area (Å²) < 4.78 is 13.1. The molecule has 3 aromatic rings. The van der Waals surface area contributed by atoms with Crippen LogP contribution in [0.2, 0.25) is 0 Å². The average molecular weight is 364 g/mol. The topological polar surface area (TPSA) is 78.3 Å². The molecule has 1 aromatic heterocycles. The van der Waals surface area contributed by atoms with Crippen LogP contribution in [0.1, 0.15) is 42.1 Å². The van der Waals surface area contributed by atoms with Gasteiger partial charge in [-0.05, 0) is 43.2 Å². The second-order valence-corrected chi connectivity index (χ2v) is 6.99. The Labute approximate surface area is 156 Å². The molecule has 0 spiro atoms. The van der Waals surface area contributed by atoms with E-state index in [0.717, 1.165) is 23.9 Å². The van der Waals surface area contributed by atoms with Gasteiger partial charge in [0.2, 0.25) is 0 Å². The van der Waals surface area contributed by atoms with Gasteiger partial charge >= 0.3 is 0 Å². The molecule has 1 amide bonds. The minimum atomic E-state index is -0.191. The van der Waals surface area contributed by atoms with E-state index >= 15 is 0 Å². The van der Waals surface area contributed by atoms with E-state index in [4.69, 9.17) is 9.47 Å². The van der Waals surface area contributed by atoms with Crippen molar-refractivity contribution in [1.29, 1.82) is 0 Å². The van der Waals surface area contributed by atoms with Crippen molar-refractivity contribution in [3.05, 3.63) is 42.0 Å². The summed E-state index contributed by atoms with van der Waals surface area (Å²) in [5.74, 6) is 1.15. The number of ether oxygens (including phenoxy) is 2. The van der Waals surface area contributed by atoms with Crippen LogP contribution < -0.4 is 14.8 Å². The lowest BCUT2D eigenvalue weighted by Crippen LogP contribution is -2.16. The second kappa shape index (κ2) is 6.57. The number of fused-ring (bicyclic) bond motifs is 2. The molecule has 0 saturated heterocycles. The number of hydrogen-bond donors (Lipinski definition) is 1. The van der Waals surface area contributed by atoms with Gasteiger partial charge in [-0.3, -0.25) is 4.79 Å². The molecule has 138 valence electrons. The Bertz CT molecular complexity index is 1010. The first-order valence-electron chi connectivity index (χ1n) is 9.34. The number of amides is 1. The van der Waals surface area contributed by atoms with E-state index in [9.17, 15) is 4.79 Å². The maximum Gasteiger partial charge on any atom is 0.255 e. The number of carbonyl (C=O) groups excluding carboxylic acids is 1. The number of hydrogen-bond acceptors (Lipinski definition) is 5. The highest BCUT2D eigenvalue weighted by Gasteiger charge is 2.21. The molecule has 7 heteroatoms. The van der Waals surface area contributed by atoms with Crippen LogP contribution in [0.5, 0.6) is 11.5 Å². The lowest BCUT2D eigenvalue weighted by atomic mass is 10.1. The van der Waals surface area contributed by atoms with Crippen molar-refractivity contribution >= 4 is 22.6 Å². The van der Waals surface area contributed by atoms with E-state index in [1.807, 2.05) is 16.8 Å². The largest absolute Gasteiger partial charge is 0.486 e. The zero-order valence-electron chi connectivity index (χ0n) is 14.9. The molecule has 1 N–H and O–H groups in total. The van der Waals surface area contributed by atoms with Crippen molar-refractivity contribution < 1.29 is 14.3 Å². The minimum Gasteiger partial charge on any atom is -0.486 e. The zero-order valence-corrected chi connectivity index (χ0v) is 14.9. The first-order chi connectivity index (χ1) is 13.3. The highest BCUT2D eigenvalue weighted by molar-refractivity contribution is 6.06. The molecule has 27 heavy (non-hydrogen) atoms. The van der Waals surface area contributed by atoms with E-state index < -0.39 is 0 Å². The monoisotopic (exact) mass is 364 g/mol. The summed E-state index contributed by atoms with van der Waals surface area (Å²) in [4.78, 5) is 12.7. The number of benzene rings is 2. The first kappa shape index (κ1) is 16.1. The molecule has 2 aliphatic rings. The fourth-order valence-corrected chi connectivity index (χ4v) is 3.83. The summed E-state index contributed by atoms with van der Waals surface area (Å²) in [6.07, 6.45) is 4.76. The fourth-order valence-electron chi connectivity index (χ4n) is 3.83. The number of rotatable bonds is 3. The predicted molar refractivity (Wildman–Crippen MR) is 100 cm³/mol. The summed E-state index contributed by atoms with van der Waals surface area (Å²) in [6.45, 7) is 1.05. The van der Waals surface area contributed by atoms with E-state index in [1.54, 1.807) is 24.3 Å². The summed E-state index contributed by atoms with van der Waals surface area (Å²) in [5, 5.41) is 11.5. The number of nitrogens with one attached hydrogen (secondary N) is 1. The summed E-state index contributed by atoms with van der Waals surface area (Å²) >= 11 is 0. The van der Waals surface area contributed by atoms with Crippen molar-refractivity contribution in [2.24, 2.45) is 0 Å². The van der Waals surface area contributed by atoms with Crippen LogP contribution in [0.3, 0.4) is 0 Å². The second-order valence-electron chi connectivity index (χ2n) is 6.99. The number of nitrogens with zero attached hydrogens (tertiary/aromatic N) is 3. The van der Waals surface area contributed by atoms with Gasteiger partial charge in [0.15, 0.2) is 11.5 Å². The SMILES string of the molecule is O=C(Nc1ccc2c(c1)OCCO2)c1ccc2c(c1)nnn2C1CCCC1. The third-order valence-corrected chi connectivity index (χ3v) is 5.20. The summed E-state index contributed by atoms with van der Waals surface area (Å²) in [6, 6.07) is 11.4. The van der Waals surface area contributed by atoms with Gasteiger partial charge in [-0.15, -0.1) is 5.10 Å². The Kier molecular flexibility index (Phi) is 3.92. The Morgan fingerprint density at radius 3 is 2.70 bits per heavy atom. The summed E-state index contributed by atoms with van der Waals surface area (Å²) in [5.41, 5.74) is 2.95.